The lowest BCUT2D eigenvalue weighted by Crippen LogP contribution is -2.53. The largest absolute Gasteiger partial charge is 0.449 e. The molecule has 0 aromatic carbocycles. The summed E-state index contributed by atoms with van der Waals surface area (Å²) in [4.78, 5) is 26.0. The lowest BCUT2D eigenvalue weighted by molar-refractivity contribution is 0.506. The quantitative estimate of drug-likeness (QED) is 0.325. The SMILES string of the molecule is C=C/C(=C\C=C(/C)F)c1cc(N2CCN(c3ncc(Cc4ncco4)cc3C)CC2C)nc(N2CCCC2C)n1. The molecule has 8 nitrogen and oxygen atoms in total. The Morgan fingerprint density at radius 2 is 1.95 bits per heavy atom. The second kappa shape index (κ2) is 12.0. The third kappa shape index (κ3) is 6.08. The molecular formula is C31H38FN7O. The molecule has 2 aliphatic heterocycles. The summed E-state index contributed by atoms with van der Waals surface area (Å²) in [5, 5.41) is 0. The van der Waals surface area contributed by atoms with Crippen molar-refractivity contribution in [2.24, 2.45) is 0 Å². The summed E-state index contributed by atoms with van der Waals surface area (Å²) in [6.07, 6.45) is 12.9. The van der Waals surface area contributed by atoms with Gasteiger partial charge in [0, 0.05) is 50.5 Å². The average Bonchev–Trinajstić information content (AvgIpc) is 3.60. The zero-order valence-electron chi connectivity index (χ0n) is 23.8. The zero-order chi connectivity index (χ0) is 28.2. The highest BCUT2D eigenvalue weighted by Gasteiger charge is 2.29. The molecule has 0 radical (unpaired) electrons. The minimum absolute atomic E-state index is 0.192. The van der Waals surface area contributed by atoms with Crippen molar-refractivity contribution in [3.63, 3.8) is 0 Å². The van der Waals surface area contributed by atoms with Gasteiger partial charge in [0.05, 0.1) is 24.1 Å². The molecule has 0 spiro atoms. The summed E-state index contributed by atoms with van der Waals surface area (Å²) < 4.78 is 18.9. The van der Waals surface area contributed by atoms with Gasteiger partial charge in [-0.15, -0.1) is 0 Å². The van der Waals surface area contributed by atoms with Crippen LogP contribution in [0.2, 0.25) is 0 Å². The normalized spacial score (nSPS) is 20.4. The van der Waals surface area contributed by atoms with E-state index < -0.39 is 0 Å². The van der Waals surface area contributed by atoms with Crippen LogP contribution in [0.1, 0.15) is 56.3 Å². The number of nitrogens with zero attached hydrogens (tertiary/aromatic N) is 7. The fraction of sp³-hybridized carbons (Fsp3) is 0.419. The van der Waals surface area contributed by atoms with Crippen molar-refractivity contribution >= 4 is 23.2 Å². The molecular weight excluding hydrogens is 505 g/mol. The van der Waals surface area contributed by atoms with Gasteiger partial charge in [-0.1, -0.05) is 24.8 Å². The highest BCUT2D eigenvalue weighted by Crippen LogP contribution is 2.30. The van der Waals surface area contributed by atoms with Gasteiger partial charge in [-0.25, -0.2) is 19.3 Å². The molecule has 0 amide bonds. The molecule has 2 saturated heterocycles. The van der Waals surface area contributed by atoms with Crippen LogP contribution in [0.5, 0.6) is 0 Å². The summed E-state index contributed by atoms with van der Waals surface area (Å²) in [7, 11) is 0. The molecule has 2 fully saturated rings. The Kier molecular flexibility index (Phi) is 8.28. The Hall–Kier alpha value is -4.01. The highest BCUT2D eigenvalue weighted by atomic mass is 19.1. The van der Waals surface area contributed by atoms with Crippen molar-refractivity contribution < 1.29 is 8.81 Å². The maximum Gasteiger partial charge on any atom is 0.228 e. The van der Waals surface area contributed by atoms with Gasteiger partial charge in [0.2, 0.25) is 5.95 Å². The van der Waals surface area contributed by atoms with Crippen LogP contribution >= 0.6 is 0 Å². The van der Waals surface area contributed by atoms with E-state index in [1.165, 1.54) is 13.0 Å². The number of hydrogen-bond donors (Lipinski definition) is 0. The molecule has 0 bridgehead atoms. The van der Waals surface area contributed by atoms with Gasteiger partial charge in [0.25, 0.3) is 0 Å². The predicted molar refractivity (Wildman–Crippen MR) is 158 cm³/mol. The van der Waals surface area contributed by atoms with Crippen molar-refractivity contribution in [1.29, 1.82) is 0 Å². The lowest BCUT2D eigenvalue weighted by Gasteiger charge is -2.41. The van der Waals surface area contributed by atoms with E-state index in [1.807, 2.05) is 12.3 Å². The van der Waals surface area contributed by atoms with Crippen LogP contribution in [0.4, 0.5) is 22.0 Å². The number of hydrogen-bond acceptors (Lipinski definition) is 8. The fourth-order valence-corrected chi connectivity index (χ4v) is 5.60. The number of halogens is 1. The van der Waals surface area contributed by atoms with Gasteiger partial charge in [-0.05, 0) is 63.3 Å². The van der Waals surface area contributed by atoms with E-state index in [2.05, 4.69) is 53.1 Å². The van der Waals surface area contributed by atoms with Gasteiger partial charge in [0.15, 0.2) is 5.89 Å². The van der Waals surface area contributed by atoms with Crippen molar-refractivity contribution in [3.8, 4) is 0 Å². The molecule has 2 aliphatic rings. The highest BCUT2D eigenvalue weighted by molar-refractivity contribution is 5.75. The fourth-order valence-electron chi connectivity index (χ4n) is 5.60. The Labute approximate surface area is 236 Å². The van der Waals surface area contributed by atoms with E-state index in [9.17, 15) is 4.39 Å². The summed E-state index contributed by atoms with van der Waals surface area (Å²) in [6.45, 7) is 15.3. The van der Waals surface area contributed by atoms with Gasteiger partial charge in [-0.2, -0.15) is 4.98 Å². The zero-order valence-corrected chi connectivity index (χ0v) is 23.8. The van der Waals surface area contributed by atoms with E-state index in [1.54, 1.807) is 24.6 Å². The summed E-state index contributed by atoms with van der Waals surface area (Å²) in [5.74, 6) is 3.03. The monoisotopic (exact) mass is 543 g/mol. The summed E-state index contributed by atoms with van der Waals surface area (Å²) in [5.41, 5.74) is 3.73. The molecule has 2 atom stereocenters. The maximum atomic E-state index is 13.5. The summed E-state index contributed by atoms with van der Waals surface area (Å²) >= 11 is 0. The molecule has 210 valence electrons. The molecule has 5 rings (SSSR count). The van der Waals surface area contributed by atoms with Crippen LogP contribution < -0.4 is 14.7 Å². The van der Waals surface area contributed by atoms with Crippen molar-refractivity contribution in [3.05, 3.63) is 84.1 Å². The smallest absolute Gasteiger partial charge is 0.228 e. The van der Waals surface area contributed by atoms with E-state index in [-0.39, 0.29) is 11.9 Å². The molecule has 0 saturated carbocycles. The van der Waals surface area contributed by atoms with Crippen LogP contribution in [0.3, 0.4) is 0 Å². The van der Waals surface area contributed by atoms with Gasteiger partial charge < -0.3 is 19.1 Å². The molecule has 0 aliphatic carbocycles. The van der Waals surface area contributed by atoms with Crippen LogP contribution in [-0.2, 0) is 6.42 Å². The van der Waals surface area contributed by atoms with E-state index >= 15 is 0 Å². The van der Waals surface area contributed by atoms with Crippen LogP contribution in [-0.4, -0.2) is 58.2 Å². The molecule has 2 unspecified atom stereocenters. The van der Waals surface area contributed by atoms with E-state index in [4.69, 9.17) is 19.4 Å². The number of piperazine rings is 1. The molecule has 9 heteroatoms. The van der Waals surface area contributed by atoms with Crippen molar-refractivity contribution in [1.82, 2.24) is 19.9 Å². The Bertz CT molecular complexity index is 1400. The molecule has 5 heterocycles. The first-order valence-corrected chi connectivity index (χ1v) is 14.0. The third-order valence-electron chi connectivity index (χ3n) is 7.69. The number of anilines is 3. The Balaban J connectivity index is 1.39. The number of allylic oxidation sites excluding steroid dienone is 5. The minimum Gasteiger partial charge on any atom is -0.449 e. The molecule has 3 aromatic heterocycles. The van der Waals surface area contributed by atoms with E-state index in [0.29, 0.717) is 18.4 Å². The van der Waals surface area contributed by atoms with Gasteiger partial charge in [0.1, 0.15) is 17.9 Å². The van der Waals surface area contributed by atoms with Crippen LogP contribution in [0, 0.1) is 6.92 Å². The van der Waals surface area contributed by atoms with Crippen molar-refractivity contribution in [2.45, 2.75) is 59.0 Å². The second-order valence-corrected chi connectivity index (χ2v) is 10.8. The minimum atomic E-state index is -0.263. The summed E-state index contributed by atoms with van der Waals surface area (Å²) in [6, 6.07) is 4.74. The second-order valence-electron chi connectivity index (χ2n) is 10.8. The van der Waals surface area contributed by atoms with Crippen LogP contribution in [0.25, 0.3) is 5.57 Å². The number of aromatic nitrogens is 4. The molecule has 40 heavy (non-hydrogen) atoms. The number of rotatable bonds is 8. The third-order valence-corrected chi connectivity index (χ3v) is 7.69. The first-order valence-electron chi connectivity index (χ1n) is 14.0. The number of pyridine rings is 1. The average molecular weight is 544 g/mol. The molecule has 0 N–H and O–H groups in total. The number of aryl methyl sites for hydroxylation is 1. The predicted octanol–water partition coefficient (Wildman–Crippen LogP) is 5.91. The maximum absolute atomic E-state index is 13.5. The van der Waals surface area contributed by atoms with Gasteiger partial charge in [-0.3, -0.25) is 0 Å². The van der Waals surface area contributed by atoms with Crippen LogP contribution in [0.15, 0.2) is 65.8 Å². The van der Waals surface area contributed by atoms with Crippen molar-refractivity contribution in [2.75, 3.05) is 40.9 Å². The lowest BCUT2D eigenvalue weighted by atomic mass is 10.1. The Morgan fingerprint density at radius 1 is 1.10 bits per heavy atom. The Morgan fingerprint density at radius 3 is 2.60 bits per heavy atom. The van der Waals surface area contributed by atoms with Gasteiger partial charge >= 0.3 is 0 Å². The number of oxazole rings is 1. The molecule has 3 aromatic rings. The first kappa shape index (κ1) is 27.6. The standard InChI is InChI=1S/C31H38FN7O/c1-6-26(10-9-22(3)32)27-18-28(36-31(35-27)39-12-7-8-23(39)4)38-14-13-37(20-24(38)5)30-21(2)16-25(19-34-30)17-29-33-11-15-40-29/h6,9-11,15-16,18-19,23-24H,1,7-8,12-14,17,20H2,2-5H3/b22-9+,26-10+. The van der Waals surface area contributed by atoms with E-state index in [0.717, 1.165) is 79.0 Å². The topological polar surface area (TPSA) is 74.4 Å². The first-order chi connectivity index (χ1) is 19.3.